The summed E-state index contributed by atoms with van der Waals surface area (Å²) in [5.41, 5.74) is 0.991. The standard InChI is InChI=1S/C38H52N2O5/c1-6-23-39-24-22-37(33-17-13-18-35(25-33)44-30(4)41)26-34(20-21-38(37,28-39)45-31(5)42)40(27-29(2)3)36(43)19-12-8-11-16-32-14-9-7-10-15-32/h6-7,9-10,13-15,17-18,25,29,34H,1,8,11-12,16,19-24,26-28H2,2-5H3/t34-,37-,38-/m0/s1. The molecule has 7 nitrogen and oxygen atoms in total. The van der Waals surface area contributed by atoms with Gasteiger partial charge in [-0.1, -0.05) is 68.8 Å². The van der Waals surface area contributed by atoms with Crippen molar-refractivity contribution in [2.24, 2.45) is 5.92 Å². The average Bonchev–Trinajstić information content (AvgIpc) is 2.99. The Bertz CT molecular complexity index is 1310. The number of amides is 1. The van der Waals surface area contributed by atoms with Gasteiger partial charge in [0.2, 0.25) is 5.91 Å². The molecular weight excluding hydrogens is 564 g/mol. The second-order valence-corrected chi connectivity index (χ2v) is 13.4. The van der Waals surface area contributed by atoms with Gasteiger partial charge in [-0.3, -0.25) is 19.3 Å². The van der Waals surface area contributed by atoms with E-state index in [4.69, 9.17) is 9.47 Å². The van der Waals surface area contributed by atoms with Gasteiger partial charge in [-0.15, -0.1) is 6.58 Å². The maximum absolute atomic E-state index is 13.9. The Balaban J connectivity index is 1.61. The van der Waals surface area contributed by atoms with Crippen LogP contribution in [-0.2, 0) is 31.0 Å². The molecule has 0 aromatic heterocycles. The lowest BCUT2D eigenvalue weighted by atomic mass is 9.54. The van der Waals surface area contributed by atoms with E-state index in [-0.39, 0.29) is 23.9 Å². The van der Waals surface area contributed by atoms with Crippen molar-refractivity contribution in [2.75, 3.05) is 26.2 Å². The average molecular weight is 617 g/mol. The third kappa shape index (κ3) is 8.63. The van der Waals surface area contributed by atoms with Gasteiger partial charge >= 0.3 is 11.9 Å². The predicted molar refractivity (Wildman–Crippen MR) is 178 cm³/mol. The van der Waals surface area contributed by atoms with E-state index in [2.05, 4.69) is 60.6 Å². The highest BCUT2D eigenvalue weighted by molar-refractivity contribution is 5.76. The van der Waals surface area contributed by atoms with E-state index >= 15 is 0 Å². The molecule has 4 rings (SSSR count). The zero-order chi connectivity index (χ0) is 32.5. The molecule has 3 atom stereocenters. The van der Waals surface area contributed by atoms with Crippen molar-refractivity contribution in [2.45, 2.75) is 103 Å². The van der Waals surface area contributed by atoms with Gasteiger partial charge in [0.1, 0.15) is 11.4 Å². The fourth-order valence-corrected chi connectivity index (χ4v) is 7.71. The van der Waals surface area contributed by atoms with Gasteiger partial charge in [-0.25, -0.2) is 0 Å². The van der Waals surface area contributed by atoms with Crippen LogP contribution in [0.5, 0.6) is 5.75 Å². The number of likely N-dealkylation sites (tertiary alicyclic amines) is 1. The van der Waals surface area contributed by atoms with Gasteiger partial charge in [0, 0.05) is 51.4 Å². The largest absolute Gasteiger partial charge is 0.457 e. The summed E-state index contributed by atoms with van der Waals surface area (Å²) in [6.45, 7) is 14.0. The Morgan fingerprint density at radius 1 is 1.02 bits per heavy atom. The van der Waals surface area contributed by atoms with E-state index in [0.29, 0.717) is 50.6 Å². The van der Waals surface area contributed by atoms with E-state index in [9.17, 15) is 14.4 Å². The molecule has 0 radical (unpaired) electrons. The highest BCUT2D eigenvalue weighted by atomic mass is 16.6. The van der Waals surface area contributed by atoms with Crippen molar-refractivity contribution in [3.8, 4) is 5.75 Å². The molecule has 1 amide bonds. The topological polar surface area (TPSA) is 76.2 Å². The highest BCUT2D eigenvalue weighted by Gasteiger charge is 2.61. The van der Waals surface area contributed by atoms with Gasteiger partial charge < -0.3 is 14.4 Å². The minimum absolute atomic E-state index is 0.0104. The zero-order valence-corrected chi connectivity index (χ0v) is 27.8. The molecule has 0 unspecified atom stereocenters. The van der Waals surface area contributed by atoms with Gasteiger partial charge in [-0.05, 0) is 80.7 Å². The first-order chi connectivity index (χ1) is 21.6. The summed E-state index contributed by atoms with van der Waals surface area (Å²) in [5, 5.41) is 0. The molecule has 1 saturated carbocycles. The Morgan fingerprint density at radius 2 is 1.80 bits per heavy atom. The van der Waals surface area contributed by atoms with Crippen LogP contribution in [0.2, 0.25) is 0 Å². The first kappa shape index (κ1) is 34.4. The molecule has 0 spiro atoms. The molecule has 2 aliphatic rings. The second kappa shape index (κ2) is 15.7. The Morgan fingerprint density at radius 3 is 2.49 bits per heavy atom. The molecule has 0 N–H and O–H groups in total. The number of hydrogen-bond donors (Lipinski definition) is 0. The first-order valence-electron chi connectivity index (χ1n) is 16.7. The molecule has 2 fully saturated rings. The minimum Gasteiger partial charge on any atom is -0.457 e. The van der Waals surface area contributed by atoms with Crippen LogP contribution < -0.4 is 4.74 Å². The number of carbonyl (C=O) groups is 3. The summed E-state index contributed by atoms with van der Waals surface area (Å²) < 4.78 is 11.9. The van der Waals surface area contributed by atoms with Gasteiger partial charge in [-0.2, -0.15) is 0 Å². The van der Waals surface area contributed by atoms with E-state index in [0.717, 1.165) is 50.6 Å². The maximum atomic E-state index is 13.9. The van der Waals surface area contributed by atoms with Crippen LogP contribution in [0.15, 0.2) is 67.3 Å². The first-order valence-corrected chi connectivity index (χ1v) is 16.7. The third-order valence-electron chi connectivity index (χ3n) is 9.57. The Hall–Kier alpha value is -3.45. The highest BCUT2D eigenvalue weighted by Crippen LogP contribution is 2.55. The quantitative estimate of drug-likeness (QED) is 0.0997. The number of ether oxygens (including phenoxy) is 2. The summed E-state index contributed by atoms with van der Waals surface area (Å²) in [4.78, 5) is 43.0. The van der Waals surface area contributed by atoms with Gasteiger partial charge in [0.05, 0.1) is 0 Å². The van der Waals surface area contributed by atoms with Crippen molar-refractivity contribution < 1.29 is 23.9 Å². The number of hydrogen-bond acceptors (Lipinski definition) is 6. The lowest BCUT2D eigenvalue weighted by Gasteiger charge is -2.60. The molecule has 45 heavy (non-hydrogen) atoms. The number of rotatable bonds is 14. The maximum Gasteiger partial charge on any atom is 0.308 e. The van der Waals surface area contributed by atoms with Crippen molar-refractivity contribution in [1.29, 1.82) is 0 Å². The molecule has 1 aliphatic carbocycles. The monoisotopic (exact) mass is 616 g/mol. The van der Waals surface area contributed by atoms with Crippen LogP contribution in [0.4, 0.5) is 0 Å². The van der Waals surface area contributed by atoms with Gasteiger partial charge in [0.15, 0.2) is 0 Å². The fraction of sp³-hybridized carbons (Fsp3) is 0.553. The molecule has 1 aliphatic heterocycles. The van der Waals surface area contributed by atoms with Crippen LogP contribution in [0, 0.1) is 5.92 Å². The zero-order valence-electron chi connectivity index (χ0n) is 27.8. The SMILES string of the molecule is C=CCN1CC[C@@]2(c3cccc(OC(C)=O)c3)C[C@@H](N(CC(C)C)C(=O)CCCCCc3ccccc3)CC[C@]2(OC(C)=O)C1. The van der Waals surface area contributed by atoms with Gasteiger partial charge in [0.25, 0.3) is 0 Å². The predicted octanol–water partition coefficient (Wildman–Crippen LogP) is 6.88. The van der Waals surface area contributed by atoms with Crippen LogP contribution in [0.3, 0.4) is 0 Å². The van der Waals surface area contributed by atoms with E-state index < -0.39 is 11.0 Å². The number of aryl methyl sites for hydroxylation is 1. The molecule has 1 heterocycles. The summed E-state index contributed by atoms with van der Waals surface area (Å²) in [7, 11) is 0. The van der Waals surface area contributed by atoms with E-state index in [1.165, 1.54) is 19.4 Å². The molecule has 2 aromatic rings. The van der Waals surface area contributed by atoms with Crippen molar-refractivity contribution >= 4 is 17.8 Å². The number of benzene rings is 2. The molecule has 7 heteroatoms. The lowest BCUT2D eigenvalue weighted by molar-refractivity contribution is -0.190. The van der Waals surface area contributed by atoms with Crippen LogP contribution in [-0.4, -0.2) is 65.5 Å². The van der Waals surface area contributed by atoms with Crippen molar-refractivity contribution in [1.82, 2.24) is 9.80 Å². The van der Waals surface area contributed by atoms with Crippen molar-refractivity contribution in [3.05, 3.63) is 78.4 Å². The van der Waals surface area contributed by atoms with E-state index in [1.807, 2.05) is 24.3 Å². The molecule has 0 bridgehead atoms. The number of esters is 2. The Kier molecular flexibility index (Phi) is 12.0. The molecule has 2 aromatic carbocycles. The number of piperidine rings is 1. The molecular formula is C38H52N2O5. The molecule has 1 saturated heterocycles. The third-order valence-corrected chi connectivity index (χ3v) is 9.57. The van der Waals surface area contributed by atoms with E-state index in [1.54, 1.807) is 6.07 Å². The normalized spacial score (nSPS) is 23.2. The van der Waals surface area contributed by atoms with Crippen LogP contribution in [0.1, 0.15) is 90.2 Å². The number of unbranched alkanes of at least 4 members (excludes halogenated alkanes) is 2. The lowest BCUT2D eigenvalue weighted by Crippen LogP contribution is -2.68. The minimum atomic E-state index is -0.782. The molecule has 244 valence electrons. The smallest absolute Gasteiger partial charge is 0.308 e. The van der Waals surface area contributed by atoms with Crippen LogP contribution >= 0.6 is 0 Å². The van der Waals surface area contributed by atoms with Crippen LogP contribution in [0.25, 0.3) is 0 Å². The number of carbonyl (C=O) groups excluding carboxylic acids is 3. The fourth-order valence-electron chi connectivity index (χ4n) is 7.71. The van der Waals surface area contributed by atoms with Crippen molar-refractivity contribution in [3.63, 3.8) is 0 Å². The Labute approximate surface area is 270 Å². The summed E-state index contributed by atoms with van der Waals surface area (Å²) >= 11 is 0. The summed E-state index contributed by atoms with van der Waals surface area (Å²) in [6.07, 6.45) is 9.24. The summed E-state index contributed by atoms with van der Waals surface area (Å²) in [5.74, 6) is 0.328. The number of fused-ring (bicyclic) bond motifs is 1. The number of nitrogens with zero attached hydrogens (tertiary/aromatic N) is 2. The second-order valence-electron chi connectivity index (χ2n) is 13.4. The summed E-state index contributed by atoms with van der Waals surface area (Å²) in [6, 6.07) is 18.2.